The second kappa shape index (κ2) is 6.74. The highest BCUT2D eigenvalue weighted by atomic mass is 16.5. The molecule has 1 aromatic heterocycles. The monoisotopic (exact) mass is 357 g/mol. The lowest BCUT2D eigenvalue weighted by Gasteiger charge is -2.36. The summed E-state index contributed by atoms with van der Waals surface area (Å²) in [5.41, 5.74) is 2.65. The van der Waals surface area contributed by atoms with Crippen molar-refractivity contribution in [2.45, 2.75) is 31.3 Å². The maximum Gasteiger partial charge on any atom is 0.260 e. The van der Waals surface area contributed by atoms with Crippen molar-refractivity contribution in [2.75, 3.05) is 36.5 Å². The van der Waals surface area contributed by atoms with Crippen molar-refractivity contribution in [3.05, 3.63) is 41.8 Å². The summed E-state index contributed by atoms with van der Waals surface area (Å²) in [5.74, 6) is -0.233. The zero-order valence-electron chi connectivity index (χ0n) is 14.8. The van der Waals surface area contributed by atoms with Gasteiger partial charge in [0.1, 0.15) is 17.5 Å². The molecule has 0 aliphatic carbocycles. The standard InChI is InChI=1S/C19H23N3O4/c1-19(11-25-12-19)17-16(10-26-21-17)18(24)20-13-2-4-14(5-3-13)22-8-6-15(23)7-9-22/h2-5,10,15,23H,6-9,11-12H2,1H3,(H,20,24). The molecule has 0 radical (unpaired) electrons. The molecule has 2 saturated heterocycles. The van der Waals surface area contributed by atoms with Crippen molar-refractivity contribution >= 4 is 17.3 Å². The van der Waals surface area contributed by atoms with Crippen LogP contribution in [0.2, 0.25) is 0 Å². The highest BCUT2D eigenvalue weighted by Crippen LogP contribution is 2.33. The molecule has 0 spiro atoms. The van der Waals surface area contributed by atoms with E-state index in [1.807, 2.05) is 31.2 Å². The Labute approximate surface area is 151 Å². The van der Waals surface area contributed by atoms with Crippen molar-refractivity contribution in [1.82, 2.24) is 5.16 Å². The molecule has 2 aromatic rings. The molecular weight excluding hydrogens is 334 g/mol. The van der Waals surface area contributed by atoms with Crippen LogP contribution in [0.5, 0.6) is 0 Å². The highest BCUT2D eigenvalue weighted by Gasteiger charge is 2.41. The number of carbonyl (C=O) groups is 1. The van der Waals surface area contributed by atoms with E-state index < -0.39 is 0 Å². The van der Waals surface area contributed by atoms with Crippen LogP contribution >= 0.6 is 0 Å². The topological polar surface area (TPSA) is 87.8 Å². The molecule has 2 aliphatic heterocycles. The van der Waals surface area contributed by atoms with Crippen molar-refractivity contribution in [3.8, 4) is 0 Å². The molecule has 2 fully saturated rings. The van der Waals surface area contributed by atoms with Crippen molar-refractivity contribution in [2.24, 2.45) is 0 Å². The van der Waals surface area contributed by atoms with Crippen LogP contribution in [0, 0.1) is 0 Å². The lowest BCUT2D eigenvalue weighted by atomic mass is 9.83. The average Bonchev–Trinajstić information content (AvgIpc) is 3.11. The van der Waals surface area contributed by atoms with Gasteiger partial charge in [0.05, 0.1) is 24.7 Å². The van der Waals surface area contributed by atoms with Gasteiger partial charge in [0.2, 0.25) is 0 Å². The molecular formula is C19H23N3O4. The largest absolute Gasteiger partial charge is 0.393 e. The summed E-state index contributed by atoms with van der Waals surface area (Å²) in [4.78, 5) is 14.9. The predicted molar refractivity (Wildman–Crippen MR) is 96.5 cm³/mol. The minimum atomic E-state index is -0.262. The van der Waals surface area contributed by atoms with Gasteiger partial charge in [0.15, 0.2) is 0 Å². The minimum Gasteiger partial charge on any atom is -0.393 e. The number of aromatic nitrogens is 1. The van der Waals surface area contributed by atoms with E-state index in [1.165, 1.54) is 6.26 Å². The van der Waals surface area contributed by atoms with Crippen molar-refractivity contribution in [1.29, 1.82) is 0 Å². The predicted octanol–water partition coefficient (Wildman–Crippen LogP) is 2.18. The van der Waals surface area contributed by atoms with E-state index >= 15 is 0 Å². The summed E-state index contributed by atoms with van der Waals surface area (Å²) in [7, 11) is 0. The number of hydrogen-bond donors (Lipinski definition) is 2. The Morgan fingerprint density at radius 1 is 1.27 bits per heavy atom. The molecule has 1 amide bonds. The maximum atomic E-state index is 12.6. The van der Waals surface area contributed by atoms with Gasteiger partial charge in [-0.15, -0.1) is 0 Å². The van der Waals surface area contributed by atoms with Gasteiger partial charge in [-0.1, -0.05) is 5.16 Å². The zero-order valence-corrected chi connectivity index (χ0v) is 14.8. The third kappa shape index (κ3) is 3.20. The number of ether oxygens (including phenoxy) is 1. The van der Waals surface area contributed by atoms with Crippen LogP contribution in [-0.2, 0) is 10.2 Å². The summed E-state index contributed by atoms with van der Waals surface area (Å²) in [6, 6.07) is 7.76. The van der Waals surface area contributed by atoms with E-state index in [1.54, 1.807) is 0 Å². The lowest BCUT2D eigenvalue weighted by molar-refractivity contribution is -0.0534. The number of anilines is 2. The second-order valence-electron chi connectivity index (χ2n) is 7.35. The Morgan fingerprint density at radius 2 is 1.96 bits per heavy atom. The first kappa shape index (κ1) is 17.1. The number of rotatable bonds is 4. The zero-order chi connectivity index (χ0) is 18.1. The number of amides is 1. The summed E-state index contributed by atoms with van der Waals surface area (Å²) >= 11 is 0. The smallest absolute Gasteiger partial charge is 0.260 e. The average molecular weight is 357 g/mol. The van der Waals surface area contributed by atoms with Gasteiger partial charge in [-0.05, 0) is 44.0 Å². The van der Waals surface area contributed by atoms with Gasteiger partial charge in [0.25, 0.3) is 5.91 Å². The second-order valence-corrected chi connectivity index (χ2v) is 7.35. The van der Waals surface area contributed by atoms with E-state index in [0.29, 0.717) is 24.5 Å². The quantitative estimate of drug-likeness (QED) is 0.872. The molecule has 0 atom stereocenters. The van der Waals surface area contributed by atoms with Crippen molar-refractivity contribution in [3.63, 3.8) is 0 Å². The van der Waals surface area contributed by atoms with Gasteiger partial charge >= 0.3 is 0 Å². The minimum absolute atomic E-state index is 0.189. The lowest BCUT2D eigenvalue weighted by Crippen LogP contribution is -2.45. The number of nitrogens with one attached hydrogen (secondary N) is 1. The number of benzene rings is 1. The van der Waals surface area contributed by atoms with E-state index in [0.717, 1.165) is 37.3 Å². The molecule has 138 valence electrons. The van der Waals surface area contributed by atoms with Gasteiger partial charge in [-0.25, -0.2) is 0 Å². The number of hydrogen-bond acceptors (Lipinski definition) is 6. The molecule has 7 nitrogen and oxygen atoms in total. The highest BCUT2D eigenvalue weighted by molar-refractivity contribution is 6.05. The Bertz CT molecular complexity index is 774. The number of aliphatic hydroxyl groups excluding tert-OH is 1. The number of aliphatic hydroxyl groups is 1. The first-order valence-electron chi connectivity index (χ1n) is 8.92. The molecule has 0 unspecified atom stereocenters. The molecule has 26 heavy (non-hydrogen) atoms. The molecule has 3 heterocycles. The van der Waals surface area contributed by atoms with Crippen LogP contribution in [0.25, 0.3) is 0 Å². The number of piperidine rings is 1. The van der Waals surface area contributed by atoms with Gasteiger partial charge in [-0.3, -0.25) is 4.79 Å². The van der Waals surface area contributed by atoms with Crippen LogP contribution in [-0.4, -0.2) is 48.6 Å². The Morgan fingerprint density at radius 3 is 2.58 bits per heavy atom. The van der Waals surface area contributed by atoms with E-state index in [9.17, 15) is 9.90 Å². The third-order valence-corrected chi connectivity index (χ3v) is 5.18. The van der Waals surface area contributed by atoms with Gasteiger partial charge < -0.3 is 24.6 Å². The molecule has 2 aliphatic rings. The summed E-state index contributed by atoms with van der Waals surface area (Å²) in [5, 5.41) is 16.5. The van der Waals surface area contributed by atoms with Crippen LogP contribution in [0.15, 0.2) is 35.1 Å². The molecule has 0 bridgehead atoms. The number of carbonyl (C=O) groups excluding carboxylic acids is 1. The van der Waals surface area contributed by atoms with Crippen LogP contribution in [0.3, 0.4) is 0 Å². The SMILES string of the molecule is CC1(c2nocc2C(=O)Nc2ccc(N3CCC(O)CC3)cc2)COC1. The fourth-order valence-electron chi connectivity index (χ4n) is 3.46. The van der Waals surface area contributed by atoms with Gasteiger partial charge in [-0.2, -0.15) is 0 Å². The molecule has 0 saturated carbocycles. The van der Waals surface area contributed by atoms with Crippen LogP contribution in [0.4, 0.5) is 11.4 Å². The van der Waals surface area contributed by atoms with Crippen LogP contribution < -0.4 is 10.2 Å². The first-order chi connectivity index (χ1) is 12.5. The van der Waals surface area contributed by atoms with Crippen LogP contribution in [0.1, 0.15) is 35.8 Å². The van der Waals surface area contributed by atoms with E-state index in [2.05, 4.69) is 15.4 Å². The third-order valence-electron chi connectivity index (χ3n) is 5.18. The van der Waals surface area contributed by atoms with E-state index in [4.69, 9.17) is 9.26 Å². The molecule has 1 aromatic carbocycles. The van der Waals surface area contributed by atoms with E-state index in [-0.39, 0.29) is 17.4 Å². The Kier molecular flexibility index (Phi) is 4.42. The fraction of sp³-hybridized carbons (Fsp3) is 0.474. The normalized spacial score (nSPS) is 19.8. The van der Waals surface area contributed by atoms with Crippen molar-refractivity contribution < 1.29 is 19.2 Å². The summed E-state index contributed by atoms with van der Waals surface area (Å²) < 4.78 is 10.3. The Hall–Kier alpha value is -2.38. The maximum absolute atomic E-state index is 12.6. The first-order valence-corrected chi connectivity index (χ1v) is 8.92. The fourth-order valence-corrected chi connectivity index (χ4v) is 3.46. The summed E-state index contributed by atoms with van der Waals surface area (Å²) in [6.45, 7) is 4.78. The molecule has 2 N–H and O–H groups in total. The Balaban J connectivity index is 1.43. The molecule has 7 heteroatoms. The summed E-state index contributed by atoms with van der Waals surface area (Å²) in [6.07, 6.45) is 2.78. The number of nitrogens with zero attached hydrogens (tertiary/aromatic N) is 2. The molecule has 4 rings (SSSR count). The van der Waals surface area contributed by atoms with Gasteiger partial charge in [0, 0.05) is 24.5 Å².